The molecule has 0 fully saturated rings. The van der Waals surface area contributed by atoms with Gasteiger partial charge in [0.15, 0.2) is 0 Å². The third-order valence-electron chi connectivity index (χ3n) is 3.13. The van der Waals surface area contributed by atoms with Crippen LogP contribution in [0.5, 0.6) is 0 Å². The molecule has 0 aliphatic carbocycles. The molecule has 1 heterocycles. The predicted molar refractivity (Wildman–Crippen MR) is 61.7 cm³/mol. The summed E-state index contributed by atoms with van der Waals surface area (Å²) in [5.74, 6) is 1.39. The van der Waals surface area contributed by atoms with Gasteiger partial charge in [0.25, 0.3) is 0 Å². The second-order valence-electron chi connectivity index (χ2n) is 3.98. The normalized spacial score (nSPS) is 13.4. The summed E-state index contributed by atoms with van der Waals surface area (Å²) in [6.07, 6.45) is 6.25. The van der Waals surface area contributed by atoms with E-state index in [2.05, 4.69) is 30.3 Å². The van der Waals surface area contributed by atoms with E-state index in [0.29, 0.717) is 12.3 Å². The van der Waals surface area contributed by atoms with E-state index >= 15 is 0 Å². The molecule has 1 atom stereocenters. The summed E-state index contributed by atoms with van der Waals surface area (Å²) in [6.45, 7) is 7.27. The lowest BCUT2D eigenvalue weighted by molar-refractivity contribution is 0.100. The first-order valence-corrected chi connectivity index (χ1v) is 5.90. The smallest absolute Gasteiger partial charge is 0.111 e. The third-order valence-corrected chi connectivity index (χ3v) is 3.13. The van der Waals surface area contributed by atoms with Crippen molar-refractivity contribution in [3.8, 4) is 0 Å². The first kappa shape index (κ1) is 12.2. The van der Waals surface area contributed by atoms with Crippen LogP contribution in [0.25, 0.3) is 0 Å². The van der Waals surface area contributed by atoms with Crippen LogP contribution in [0.1, 0.15) is 39.4 Å². The summed E-state index contributed by atoms with van der Waals surface area (Å²) in [5.41, 5.74) is 0. The lowest BCUT2D eigenvalue weighted by Crippen LogP contribution is -2.23. The Morgan fingerprint density at radius 3 is 2.53 bits per heavy atom. The highest BCUT2D eigenvalue weighted by atomic mass is 16.3. The molecule has 1 unspecified atom stereocenters. The number of rotatable bonds is 6. The molecule has 0 aromatic carbocycles. The lowest BCUT2D eigenvalue weighted by atomic mass is 9.94. The largest absolute Gasteiger partial charge is 0.392 e. The molecular weight excluding hydrogens is 188 g/mol. The lowest BCUT2D eigenvalue weighted by Gasteiger charge is -2.19. The Balaban J connectivity index is 2.60. The molecule has 0 saturated carbocycles. The zero-order valence-corrected chi connectivity index (χ0v) is 9.98. The molecule has 1 rings (SSSR count). The Hall–Kier alpha value is -0.830. The third kappa shape index (κ3) is 3.06. The molecule has 86 valence electrons. The van der Waals surface area contributed by atoms with E-state index in [9.17, 15) is 5.11 Å². The molecule has 0 bridgehead atoms. The number of aryl methyl sites for hydroxylation is 1. The van der Waals surface area contributed by atoms with Crippen molar-refractivity contribution in [2.45, 2.75) is 52.7 Å². The Bertz CT molecular complexity index is 279. The van der Waals surface area contributed by atoms with E-state index in [1.807, 2.05) is 6.20 Å². The molecule has 0 aliphatic rings. The Morgan fingerprint density at radius 2 is 2.00 bits per heavy atom. The fourth-order valence-electron chi connectivity index (χ4n) is 2.00. The number of aliphatic hydroxyl groups excluding tert-OH is 1. The second-order valence-corrected chi connectivity index (χ2v) is 3.98. The molecule has 0 amide bonds. The summed E-state index contributed by atoms with van der Waals surface area (Å²) in [5, 5.41) is 10.0. The number of nitrogens with zero attached hydrogens (tertiary/aromatic N) is 2. The second kappa shape index (κ2) is 5.91. The minimum Gasteiger partial charge on any atom is -0.392 e. The van der Waals surface area contributed by atoms with Crippen LogP contribution in [-0.2, 0) is 13.0 Å². The van der Waals surface area contributed by atoms with Crippen molar-refractivity contribution >= 4 is 0 Å². The molecule has 1 aromatic rings. The monoisotopic (exact) mass is 210 g/mol. The van der Waals surface area contributed by atoms with Gasteiger partial charge in [0.1, 0.15) is 5.82 Å². The van der Waals surface area contributed by atoms with Crippen LogP contribution in [0.2, 0.25) is 0 Å². The predicted octanol–water partition coefficient (Wildman–Crippen LogP) is 2.24. The minimum absolute atomic E-state index is 0.257. The maximum absolute atomic E-state index is 10.0. The summed E-state index contributed by atoms with van der Waals surface area (Å²) in [4.78, 5) is 4.28. The SMILES string of the molecule is CCC(CC)C(O)Cc1nccn1CC. The van der Waals surface area contributed by atoms with Gasteiger partial charge in [0.05, 0.1) is 6.10 Å². The van der Waals surface area contributed by atoms with Gasteiger partial charge in [0.2, 0.25) is 0 Å². The number of aliphatic hydroxyl groups is 1. The molecular formula is C12H22N2O. The summed E-state index contributed by atoms with van der Waals surface area (Å²) < 4.78 is 2.09. The first-order chi connectivity index (χ1) is 7.22. The van der Waals surface area contributed by atoms with Crippen LogP contribution in [-0.4, -0.2) is 20.8 Å². The Labute approximate surface area is 92.1 Å². The van der Waals surface area contributed by atoms with Crippen LogP contribution >= 0.6 is 0 Å². The van der Waals surface area contributed by atoms with E-state index in [1.165, 1.54) is 0 Å². The average Bonchev–Trinajstić information content (AvgIpc) is 2.67. The van der Waals surface area contributed by atoms with Crippen LogP contribution < -0.4 is 0 Å². The average molecular weight is 210 g/mol. The van der Waals surface area contributed by atoms with Gasteiger partial charge in [-0.15, -0.1) is 0 Å². The van der Waals surface area contributed by atoms with Crippen LogP contribution in [0, 0.1) is 5.92 Å². The van der Waals surface area contributed by atoms with Gasteiger partial charge in [-0.05, 0) is 12.8 Å². The van der Waals surface area contributed by atoms with Crippen molar-refractivity contribution < 1.29 is 5.11 Å². The number of hydrogen-bond acceptors (Lipinski definition) is 2. The highest BCUT2D eigenvalue weighted by Crippen LogP contribution is 2.16. The van der Waals surface area contributed by atoms with Gasteiger partial charge in [0, 0.05) is 25.4 Å². The minimum atomic E-state index is -0.257. The van der Waals surface area contributed by atoms with Crippen molar-refractivity contribution in [2.75, 3.05) is 0 Å². The van der Waals surface area contributed by atoms with E-state index in [0.717, 1.165) is 25.2 Å². The summed E-state index contributed by atoms with van der Waals surface area (Å²) >= 11 is 0. The van der Waals surface area contributed by atoms with Crippen molar-refractivity contribution in [3.63, 3.8) is 0 Å². The molecule has 0 spiro atoms. The fraction of sp³-hybridized carbons (Fsp3) is 0.750. The quantitative estimate of drug-likeness (QED) is 0.782. The number of hydrogen-bond donors (Lipinski definition) is 1. The molecule has 0 radical (unpaired) electrons. The van der Waals surface area contributed by atoms with Gasteiger partial charge in [-0.2, -0.15) is 0 Å². The molecule has 0 saturated heterocycles. The highest BCUT2D eigenvalue weighted by Gasteiger charge is 2.17. The van der Waals surface area contributed by atoms with E-state index < -0.39 is 0 Å². The Kier molecular flexibility index (Phi) is 4.82. The number of aromatic nitrogens is 2. The Morgan fingerprint density at radius 1 is 1.33 bits per heavy atom. The molecule has 3 nitrogen and oxygen atoms in total. The van der Waals surface area contributed by atoms with Crippen molar-refractivity contribution in [1.82, 2.24) is 9.55 Å². The van der Waals surface area contributed by atoms with Gasteiger partial charge >= 0.3 is 0 Å². The van der Waals surface area contributed by atoms with E-state index in [4.69, 9.17) is 0 Å². The van der Waals surface area contributed by atoms with Crippen molar-refractivity contribution in [2.24, 2.45) is 5.92 Å². The van der Waals surface area contributed by atoms with Crippen molar-refractivity contribution in [3.05, 3.63) is 18.2 Å². The molecule has 1 N–H and O–H groups in total. The topological polar surface area (TPSA) is 38.1 Å². The standard InChI is InChI=1S/C12H22N2O/c1-4-10(5-2)11(15)9-12-13-7-8-14(12)6-3/h7-8,10-11,15H,4-6,9H2,1-3H3. The molecule has 1 aromatic heterocycles. The van der Waals surface area contributed by atoms with Crippen LogP contribution in [0.15, 0.2) is 12.4 Å². The zero-order chi connectivity index (χ0) is 11.3. The van der Waals surface area contributed by atoms with E-state index in [1.54, 1.807) is 6.20 Å². The first-order valence-electron chi connectivity index (χ1n) is 5.90. The van der Waals surface area contributed by atoms with Gasteiger partial charge < -0.3 is 9.67 Å². The van der Waals surface area contributed by atoms with Crippen molar-refractivity contribution in [1.29, 1.82) is 0 Å². The van der Waals surface area contributed by atoms with Gasteiger partial charge in [-0.3, -0.25) is 0 Å². The fourth-order valence-corrected chi connectivity index (χ4v) is 2.00. The molecule has 0 aliphatic heterocycles. The maximum atomic E-state index is 10.0. The molecule has 3 heteroatoms. The van der Waals surface area contributed by atoms with E-state index in [-0.39, 0.29) is 6.10 Å². The zero-order valence-electron chi connectivity index (χ0n) is 9.98. The summed E-state index contributed by atoms with van der Waals surface area (Å²) in [7, 11) is 0. The highest BCUT2D eigenvalue weighted by molar-refractivity contribution is 4.94. The van der Waals surface area contributed by atoms with Crippen LogP contribution in [0.4, 0.5) is 0 Å². The maximum Gasteiger partial charge on any atom is 0.111 e. The van der Waals surface area contributed by atoms with Gasteiger partial charge in [-0.1, -0.05) is 26.7 Å². The summed E-state index contributed by atoms with van der Waals surface area (Å²) in [6, 6.07) is 0. The van der Waals surface area contributed by atoms with Crippen LogP contribution in [0.3, 0.4) is 0 Å². The molecule has 15 heavy (non-hydrogen) atoms. The van der Waals surface area contributed by atoms with Gasteiger partial charge in [-0.25, -0.2) is 4.98 Å². The number of imidazole rings is 1.